The van der Waals surface area contributed by atoms with Crippen molar-refractivity contribution in [3.63, 3.8) is 0 Å². The number of nitrogens with one attached hydrogen (secondary N) is 2. The van der Waals surface area contributed by atoms with E-state index in [-0.39, 0.29) is 11.2 Å². The average Bonchev–Trinajstić information content (AvgIpc) is 2.75. The van der Waals surface area contributed by atoms with Crippen molar-refractivity contribution in [3.05, 3.63) is 35.6 Å². The molecule has 1 aromatic rings. The summed E-state index contributed by atoms with van der Waals surface area (Å²) in [6.07, 6.45) is 6.99. The molecule has 5 nitrogen and oxygen atoms in total. The minimum atomic E-state index is -0.190. The van der Waals surface area contributed by atoms with Crippen LogP contribution in [0.1, 0.15) is 51.0 Å². The van der Waals surface area contributed by atoms with Gasteiger partial charge in [-0.1, -0.05) is 18.6 Å². The molecule has 2 N–H and O–H groups in total. The van der Waals surface area contributed by atoms with E-state index < -0.39 is 0 Å². The molecule has 1 atom stereocenters. The number of rotatable bonds is 7. The molecule has 0 saturated carbocycles. The Balaban J connectivity index is 1.49. The molecule has 3 rings (SSSR count). The molecule has 0 radical (unpaired) electrons. The Bertz CT molecular complexity index is 643. The van der Waals surface area contributed by atoms with E-state index in [2.05, 4.69) is 27.4 Å². The molecule has 2 saturated heterocycles. The zero-order chi connectivity index (χ0) is 20.5. The first kappa shape index (κ1) is 22.0. The number of benzene rings is 1. The Morgan fingerprint density at radius 2 is 1.97 bits per heavy atom. The minimum absolute atomic E-state index is 0.0488. The fourth-order valence-corrected chi connectivity index (χ4v) is 4.59. The van der Waals surface area contributed by atoms with E-state index in [9.17, 15) is 4.39 Å². The molecule has 2 aliphatic rings. The Hall–Kier alpha value is -1.66. The van der Waals surface area contributed by atoms with Crippen molar-refractivity contribution in [1.82, 2.24) is 15.5 Å². The van der Waals surface area contributed by atoms with E-state index in [4.69, 9.17) is 4.74 Å². The van der Waals surface area contributed by atoms with Crippen LogP contribution in [0.15, 0.2) is 29.3 Å². The van der Waals surface area contributed by atoms with E-state index in [1.165, 1.54) is 31.4 Å². The van der Waals surface area contributed by atoms with Crippen LogP contribution in [0, 0.1) is 5.82 Å². The van der Waals surface area contributed by atoms with Crippen molar-refractivity contribution in [2.24, 2.45) is 4.99 Å². The molecule has 0 bridgehead atoms. The molecule has 162 valence electrons. The maximum absolute atomic E-state index is 13.4. The summed E-state index contributed by atoms with van der Waals surface area (Å²) in [5.41, 5.74) is 1.12. The van der Waals surface area contributed by atoms with E-state index in [0.717, 1.165) is 58.1 Å². The van der Waals surface area contributed by atoms with Gasteiger partial charge in [0.05, 0.1) is 0 Å². The summed E-state index contributed by atoms with van der Waals surface area (Å²) < 4.78 is 19.0. The average molecular weight is 405 g/mol. The lowest BCUT2D eigenvalue weighted by Gasteiger charge is -2.38. The Morgan fingerprint density at radius 1 is 1.21 bits per heavy atom. The van der Waals surface area contributed by atoms with Gasteiger partial charge in [-0.15, -0.1) is 0 Å². The number of ether oxygens (including phenoxy) is 1. The van der Waals surface area contributed by atoms with Crippen molar-refractivity contribution in [1.29, 1.82) is 0 Å². The van der Waals surface area contributed by atoms with Crippen molar-refractivity contribution in [2.45, 2.75) is 56.9 Å². The zero-order valence-electron chi connectivity index (χ0n) is 18.1. The lowest BCUT2D eigenvalue weighted by atomic mass is 9.74. The molecular weight excluding hydrogens is 367 g/mol. The Labute approximate surface area is 175 Å². The van der Waals surface area contributed by atoms with Crippen LogP contribution >= 0.6 is 0 Å². The van der Waals surface area contributed by atoms with Crippen LogP contribution in [-0.2, 0) is 10.2 Å². The fourth-order valence-electron chi connectivity index (χ4n) is 4.59. The zero-order valence-corrected chi connectivity index (χ0v) is 18.1. The van der Waals surface area contributed by atoms with E-state index in [0.29, 0.717) is 6.04 Å². The number of hydrogen-bond donors (Lipinski definition) is 2. The van der Waals surface area contributed by atoms with Crippen LogP contribution in [0.4, 0.5) is 4.39 Å². The van der Waals surface area contributed by atoms with Gasteiger partial charge in [-0.25, -0.2) is 4.39 Å². The predicted octanol–water partition coefficient (Wildman–Crippen LogP) is 3.30. The van der Waals surface area contributed by atoms with E-state index in [1.807, 2.05) is 19.2 Å². The largest absolute Gasteiger partial charge is 0.381 e. The van der Waals surface area contributed by atoms with Gasteiger partial charge in [0, 0.05) is 51.4 Å². The van der Waals surface area contributed by atoms with Gasteiger partial charge in [-0.05, 0) is 63.3 Å². The van der Waals surface area contributed by atoms with Gasteiger partial charge < -0.3 is 20.3 Å². The fraction of sp³-hybridized carbons (Fsp3) is 0.696. The highest BCUT2D eigenvalue weighted by Crippen LogP contribution is 2.34. The predicted molar refractivity (Wildman–Crippen MR) is 117 cm³/mol. The highest BCUT2D eigenvalue weighted by atomic mass is 19.1. The molecule has 1 aromatic carbocycles. The van der Waals surface area contributed by atoms with Gasteiger partial charge in [0.15, 0.2) is 5.96 Å². The number of nitrogens with zero attached hydrogens (tertiary/aromatic N) is 2. The van der Waals surface area contributed by atoms with Crippen LogP contribution in [0.25, 0.3) is 0 Å². The van der Waals surface area contributed by atoms with Gasteiger partial charge in [0.1, 0.15) is 5.82 Å². The maximum atomic E-state index is 13.4. The number of halogens is 1. The molecule has 1 unspecified atom stereocenters. The third-order valence-electron chi connectivity index (χ3n) is 6.58. The smallest absolute Gasteiger partial charge is 0.191 e. The van der Waals surface area contributed by atoms with Crippen LogP contribution in [0.2, 0.25) is 0 Å². The molecular formula is C23H37FN4O. The minimum Gasteiger partial charge on any atom is -0.381 e. The maximum Gasteiger partial charge on any atom is 0.191 e. The lowest BCUT2D eigenvalue weighted by molar-refractivity contribution is 0.0513. The summed E-state index contributed by atoms with van der Waals surface area (Å²) in [4.78, 5) is 7.00. The summed E-state index contributed by atoms with van der Waals surface area (Å²) in [5, 5.41) is 6.98. The molecule has 0 aliphatic carbocycles. The van der Waals surface area contributed by atoms with E-state index in [1.54, 1.807) is 12.1 Å². The highest BCUT2D eigenvalue weighted by molar-refractivity contribution is 5.79. The molecule has 0 amide bonds. The third-order valence-corrected chi connectivity index (χ3v) is 6.58. The van der Waals surface area contributed by atoms with Crippen LogP contribution in [0.5, 0.6) is 0 Å². The second-order valence-corrected chi connectivity index (χ2v) is 8.49. The summed E-state index contributed by atoms with van der Waals surface area (Å²) >= 11 is 0. The first-order valence-electron chi connectivity index (χ1n) is 11.2. The number of guanidine groups is 1. The second kappa shape index (κ2) is 10.9. The molecule has 2 heterocycles. The first-order chi connectivity index (χ1) is 14.1. The molecule has 0 spiro atoms. The van der Waals surface area contributed by atoms with Crippen LogP contribution < -0.4 is 10.6 Å². The summed E-state index contributed by atoms with van der Waals surface area (Å²) in [6, 6.07) is 7.66. The third kappa shape index (κ3) is 6.16. The summed E-state index contributed by atoms with van der Waals surface area (Å²) in [6.45, 7) is 7.87. The van der Waals surface area contributed by atoms with Crippen LogP contribution in [-0.4, -0.2) is 63.3 Å². The standard InChI is InChI=1S/C23H37FN4O/c1-19-6-3-4-14-28(19)15-5-13-26-22(25-2)27-18-23(11-16-29-17-12-23)20-7-9-21(24)10-8-20/h7-10,19H,3-6,11-18H2,1-2H3,(H2,25,26,27). The normalized spacial score (nSPS) is 23.0. The number of piperidine rings is 1. The van der Waals surface area contributed by atoms with Crippen molar-refractivity contribution in [3.8, 4) is 0 Å². The molecule has 2 fully saturated rings. The number of aliphatic imine (C=N–C) groups is 1. The van der Waals surface area contributed by atoms with Crippen molar-refractivity contribution >= 4 is 5.96 Å². The van der Waals surface area contributed by atoms with Crippen LogP contribution in [0.3, 0.4) is 0 Å². The SMILES string of the molecule is CN=C(NCCCN1CCCCC1C)NCC1(c2ccc(F)cc2)CCOCC1. The lowest BCUT2D eigenvalue weighted by Crippen LogP contribution is -2.48. The Kier molecular flexibility index (Phi) is 8.30. The number of hydrogen-bond acceptors (Lipinski definition) is 3. The molecule has 2 aliphatic heterocycles. The highest BCUT2D eigenvalue weighted by Gasteiger charge is 2.34. The summed E-state index contributed by atoms with van der Waals surface area (Å²) in [7, 11) is 1.82. The second-order valence-electron chi connectivity index (χ2n) is 8.49. The Morgan fingerprint density at radius 3 is 2.66 bits per heavy atom. The van der Waals surface area contributed by atoms with E-state index >= 15 is 0 Å². The number of likely N-dealkylation sites (tertiary alicyclic amines) is 1. The molecule has 0 aromatic heterocycles. The first-order valence-corrected chi connectivity index (χ1v) is 11.2. The van der Waals surface area contributed by atoms with Gasteiger partial charge >= 0.3 is 0 Å². The van der Waals surface area contributed by atoms with Gasteiger partial charge in [0.25, 0.3) is 0 Å². The molecule has 6 heteroatoms. The monoisotopic (exact) mass is 404 g/mol. The van der Waals surface area contributed by atoms with Crippen molar-refractivity contribution < 1.29 is 9.13 Å². The molecule has 29 heavy (non-hydrogen) atoms. The van der Waals surface area contributed by atoms with Gasteiger partial charge in [-0.3, -0.25) is 4.99 Å². The van der Waals surface area contributed by atoms with Gasteiger partial charge in [0.2, 0.25) is 0 Å². The van der Waals surface area contributed by atoms with Gasteiger partial charge in [-0.2, -0.15) is 0 Å². The topological polar surface area (TPSA) is 48.9 Å². The van der Waals surface area contributed by atoms with Crippen molar-refractivity contribution in [2.75, 3.05) is 46.4 Å². The quantitative estimate of drug-likeness (QED) is 0.416. The summed E-state index contributed by atoms with van der Waals surface area (Å²) in [5.74, 6) is 0.647.